The fourth-order valence-corrected chi connectivity index (χ4v) is 6.81. The molecule has 0 saturated heterocycles. The van der Waals surface area contributed by atoms with Gasteiger partial charge >= 0.3 is 17.9 Å². The largest absolute Gasteiger partial charge is 0.462 e. The molecule has 0 aliphatic rings. The lowest BCUT2D eigenvalue weighted by Gasteiger charge is -2.18. The first kappa shape index (κ1) is 66.0. The van der Waals surface area contributed by atoms with E-state index in [0.29, 0.717) is 19.3 Å². The Labute approximate surface area is 435 Å². The molecule has 1 atom stereocenters. The van der Waals surface area contributed by atoms with Crippen LogP contribution in [0.1, 0.15) is 213 Å². The highest BCUT2D eigenvalue weighted by Crippen LogP contribution is 2.10. The Hall–Kier alpha value is -4.97. The van der Waals surface area contributed by atoms with E-state index < -0.39 is 6.10 Å². The summed E-state index contributed by atoms with van der Waals surface area (Å²) in [5, 5.41) is 0. The Bertz CT molecular complexity index is 1640. The average molecular weight is 978 g/mol. The first-order valence-electron chi connectivity index (χ1n) is 28.0. The molecule has 6 heteroatoms. The number of carbonyl (C=O) groups excluding carboxylic acids is 3. The molecule has 71 heavy (non-hydrogen) atoms. The molecule has 0 saturated carbocycles. The SMILES string of the molecule is CC/C=C\C/C=C\C/C=C\C/C=C\CCCCC(=O)OC[C@H](COC(=O)CC/C=C\C/C=C\C/C=C\C/C=C\C/C=C\CCCCC)OC(=O)CCCCC/C=C\C/C=C\C/C=C\C/C=C\CCCCC. The van der Waals surface area contributed by atoms with Crippen LogP contribution in [0.5, 0.6) is 0 Å². The number of carbonyl (C=O) groups is 3. The van der Waals surface area contributed by atoms with Gasteiger partial charge in [0, 0.05) is 19.3 Å². The molecule has 0 N–H and O–H groups in total. The van der Waals surface area contributed by atoms with Gasteiger partial charge in [0.15, 0.2) is 6.10 Å². The lowest BCUT2D eigenvalue weighted by molar-refractivity contribution is -0.166. The van der Waals surface area contributed by atoms with Gasteiger partial charge in [-0.15, -0.1) is 0 Å². The van der Waals surface area contributed by atoms with Crippen molar-refractivity contribution in [3.05, 3.63) is 158 Å². The lowest BCUT2D eigenvalue weighted by Crippen LogP contribution is -2.30. The highest BCUT2D eigenvalue weighted by molar-refractivity contribution is 5.71. The van der Waals surface area contributed by atoms with E-state index >= 15 is 0 Å². The van der Waals surface area contributed by atoms with Gasteiger partial charge < -0.3 is 14.2 Å². The van der Waals surface area contributed by atoms with Crippen molar-refractivity contribution in [1.29, 1.82) is 0 Å². The molecule has 0 aliphatic carbocycles. The van der Waals surface area contributed by atoms with Crippen molar-refractivity contribution < 1.29 is 28.6 Å². The van der Waals surface area contributed by atoms with Crippen LogP contribution >= 0.6 is 0 Å². The summed E-state index contributed by atoms with van der Waals surface area (Å²) >= 11 is 0. The van der Waals surface area contributed by atoms with Crippen LogP contribution in [-0.2, 0) is 28.6 Å². The first-order chi connectivity index (χ1) is 35.0. The predicted molar refractivity (Wildman–Crippen MR) is 306 cm³/mol. The van der Waals surface area contributed by atoms with E-state index in [2.05, 4.69) is 167 Å². The van der Waals surface area contributed by atoms with Crippen LogP contribution in [0.25, 0.3) is 0 Å². The normalized spacial score (nSPS) is 13.3. The third kappa shape index (κ3) is 55.8. The molecule has 0 aromatic carbocycles. The number of rotatable bonds is 48. The van der Waals surface area contributed by atoms with Crippen LogP contribution in [-0.4, -0.2) is 37.2 Å². The highest BCUT2D eigenvalue weighted by Gasteiger charge is 2.19. The molecular weight excluding hydrogens is 877 g/mol. The molecular formula is C65H100O6. The van der Waals surface area contributed by atoms with Crippen molar-refractivity contribution in [2.24, 2.45) is 0 Å². The maximum Gasteiger partial charge on any atom is 0.306 e. The Morgan fingerprint density at radius 2 is 0.577 bits per heavy atom. The minimum Gasteiger partial charge on any atom is -0.462 e. The van der Waals surface area contributed by atoms with Crippen LogP contribution < -0.4 is 0 Å². The summed E-state index contributed by atoms with van der Waals surface area (Å²) in [6.45, 7) is 6.32. The smallest absolute Gasteiger partial charge is 0.306 e. The highest BCUT2D eigenvalue weighted by atomic mass is 16.6. The summed E-state index contributed by atoms with van der Waals surface area (Å²) in [5.41, 5.74) is 0. The van der Waals surface area contributed by atoms with Gasteiger partial charge in [-0.3, -0.25) is 14.4 Å². The summed E-state index contributed by atoms with van der Waals surface area (Å²) < 4.78 is 16.7. The third-order valence-corrected chi connectivity index (χ3v) is 11.0. The van der Waals surface area contributed by atoms with Crippen LogP contribution in [0.2, 0.25) is 0 Å². The van der Waals surface area contributed by atoms with E-state index in [1.807, 2.05) is 12.2 Å². The fourth-order valence-electron chi connectivity index (χ4n) is 6.81. The predicted octanol–water partition coefficient (Wildman–Crippen LogP) is 19.0. The number of esters is 3. The number of allylic oxidation sites excluding steroid dienone is 26. The summed E-state index contributed by atoms with van der Waals surface area (Å²) in [6.07, 6.45) is 83.8. The van der Waals surface area contributed by atoms with Gasteiger partial charge in [-0.2, -0.15) is 0 Å². The molecule has 0 heterocycles. The van der Waals surface area contributed by atoms with Gasteiger partial charge in [-0.1, -0.05) is 211 Å². The Kier molecular flexibility index (Phi) is 53.6. The van der Waals surface area contributed by atoms with Crippen LogP contribution in [0.4, 0.5) is 0 Å². The van der Waals surface area contributed by atoms with Gasteiger partial charge in [0.05, 0.1) is 0 Å². The van der Waals surface area contributed by atoms with Crippen molar-refractivity contribution >= 4 is 17.9 Å². The number of hydrogen-bond donors (Lipinski definition) is 0. The van der Waals surface area contributed by atoms with Crippen LogP contribution in [0.3, 0.4) is 0 Å². The molecule has 0 rings (SSSR count). The van der Waals surface area contributed by atoms with Gasteiger partial charge in [0.1, 0.15) is 13.2 Å². The van der Waals surface area contributed by atoms with E-state index in [4.69, 9.17) is 14.2 Å². The molecule has 0 aromatic heterocycles. The molecule has 0 unspecified atom stereocenters. The monoisotopic (exact) mass is 977 g/mol. The van der Waals surface area contributed by atoms with Crippen molar-refractivity contribution in [3.8, 4) is 0 Å². The average Bonchev–Trinajstić information content (AvgIpc) is 3.37. The maximum atomic E-state index is 12.8. The zero-order valence-corrected chi connectivity index (χ0v) is 45.2. The Morgan fingerprint density at radius 3 is 0.944 bits per heavy atom. The second kappa shape index (κ2) is 57.6. The van der Waals surface area contributed by atoms with Crippen LogP contribution in [0.15, 0.2) is 158 Å². The lowest BCUT2D eigenvalue weighted by atomic mass is 10.1. The standard InChI is InChI=1S/C65H100O6/c1-4-7-10-13-16-19-22-25-28-30-32-34-37-40-43-46-49-52-55-58-64(67)70-61-62(60-69-63(66)57-54-51-48-45-42-39-36-27-24-21-18-15-12-9-6-3)71-65(68)59-56-53-50-47-44-41-38-35-33-31-29-26-23-20-17-14-11-8-5-2/h9,12,16-21,25-29,32-36,40-45,49,52,62H,4-8,10-11,13-15,22-24,30-31,37-39,46-48,50-51,53-61H2,1-3H3/b12-9-,19-16-,20-17-,21-18-,28-25-,29-26-,34-32-,35-33-,36-27-,43-40-,44-41-,45-42-,52-49-/t62-/m1/s1. The number of ether oxygens (including phenoxy) is 3. The van der Waals surface area contributed by atoms with Gasteiger partial charge in [-0.05, 0) is 141 Å². The molecule has 0 spiro atoms. The topological polar surface area (TPSA) is 78.9 Å². The second-order valence-electron chi connectivity index (χ2n) is 17.7. The second-order valence-corrected chi connectivity index (χ2v) is 17.7. The molecule has 0 radical (unpaired) electrons. The molecule has 396 valence electrons. The third-order valence-electron chi connectivity index (χ3n) is 11.0. The molecule has 0 amide bonds. The Morgan fingerprint density at radius 1 is 0.296 bits per heavy atom. The minimum atomic E-state index is -0.851. The Balaban J connectivity index is 4.66. The number of unbranched alkanes of at least 4 members (excludes halogenated alkanes) is 11. The van der Waals surface area contributed by atoms with Crippen LogP contribution in [0, 0.1) is 0 Å². The number of hydrogen-bond acceptors (Lipinski definition) is 6. The van der Waals surface area contributed by atoms with E-state index in [1.165, 1.54) is 51.4 Å². The van der Waals surface area contributed by atoms with Gasteiger partial charge in [-0.25, -0.2) is 0 Å². The molecule has 0 aromatic rings. The van der Waals surface area contributed by atoms with Crippen molar-refractivity contribution in [2.75, 3.05) is 13.2 Å². The summed E-state index contributed by atoms with van der Waals surface area (Å²) in [7, 11) is 0. The zero-order valence-electron chi connectivity index (χ0n) is 45.2. The molecule has 0 bridgehead atoms. The van der Waals surface area contributed by atoms with E-state index in [1.54, 1.807) is 0 Å². The summed E-state index contributed by atoms with van der Waals surface area (Å²) in [5.74, 6) is -1.11. The zero-order chi connectivity index (χ0) is 51.4. The molecule has 0 fully saturated rings. The van der Waals surface area contributed by atoms with Crippen molar-refractivity contribution in [1.82, 2.24) is 0 Å². The van der Waals surface area contributed by atoms with E-state index in [0.717, 1.165) is 103 Å². The summed E-state index contributed by atoms with van der Waals surface area (Å²) in [6, 6.07) is 0. The first-order valence-corrected chi connectivity index (χ1v) is 28.0. The maximum absolute atomic E-state index is 12.8. The van der Waals surface area contributed by atoms with Crippen molar-refractivity contribution in [3.63, 3.8) is 0 Å². The van der Waals surface area contributed by atoms with Gasteiger partial charge in [0.2, 0.25) is 0 Å². The van der Waals surface area contributed by atoms with E-state index in [-0.39, 0.29) is 50.4 Å². The summed E-state index contributed by atoms with van der Waals surface area (Å²) in [4.78, 5) is 38.1. The van der Waals surface area contributed by atoms with Gasteiger partial charge in [0.25, 0.3) is 0 Å². The van der Waals surface area contributed by atoms with Crippen molar-refractivity contribution in [2.45, 2.75) is 219 Å². The quantitative estimate of drug-likeness (QED) is 0.0262. The minimum absolute atomic E-state index is 0.143. The molecule has 0 aliphatic heterocycles. The van der Waals surface area contributed by atoms with E-state index in [9.17, 15) is 14.4 Å². The molecule has 6 nitrogen and oxygen atoms in total. The fraction of sp³-hybridized carbons (Fsp3) is 0.554.